The molecule has 0 aromatic carbocycles. The monoisotopic (exact) mass is 245 g/mol. The first-order valence-corrected chi connectivity index (χ1v) is 6.31. The van der Waals surface area contributed by atoms with Gasteiger partial charge in [-0.2, -0.15) is 10.2 Å². The van der Waals surface area contributed by atoms with Gasteiger partial charge in [0.2, 0.25) is 0 Å². The molecule has 2 aromatic heterocycles. The van der Waals surface area contributed by atoms with Gasteiger partial charge < -0.3 is 5.73 Å². The van der Waals surface area contributed by atoms with E-state index in [1.807, 2.05) is 19.2 Å². The fraction of sp³-hybridized carbons (Fsp3) is 0.462. The van der Waals surface area contributed by atoms with Crippen LogP contribution in [0.2, 0.25) is 0 Å². The first kappa shape index (κ1) is 12.7. The van der Waals surface area contributed by atoms with E-state index in [-0.39, 0.29) is 0 Å². The van der Waals surface area contributed by atoms with Crippen molar-refractivity contribution >= 4 is 0 Å². The summed E-state index contributed by atoms with van der Waals surface area (Å²) in [6, 6.07) is 1.95. The predicted molar refractivity (Wildman–Crippen MR) is 70.5 cm³/mol. The highest BCUT2D eigenvalue weighted by Gasteiger charge is 2.14. The minimum atomic E-state index is 0.458. The second-order valence-electron chi connectivity index (χ2n) is 4.24. The van der Waals surface area contributed by atoms with Crippen LogP contribution in [0.4, 0.5) is 0 Å². The van der Waals surface area contributed by atoms with Crippen LogP contribution >= 0.6 is 0 Å². The smallest absolute Gasteiger partial charge is 0.180 e. The van der Waals surface area contributed by atoms with Gasteiger partial charge >= 0.3 is 0 Å². The summed E-state index contributed by atoms with van der Waals surface area (Å²) in [5.41, 5.74) is 10.1. The summed E-state index contributed by atoms with van der Waals surface area (Å²) in [4.78, 5) is 0. The van der Waals surface area contributed by atoms with Crippen molar-refractivity contribution in [2.45, 2.75) is 40.2 Å². The van der Waals surface area contributed by atoms with Crippen molar-refractivity contribution in [2.24, 2.45) is 5.73 Å². The minimum Gasteiger partial charge on any atom is -0.326 e. The molecule has 0 aliphatic rings. The molecule has 2 heterocycles. The zero-order chi connectivity index (χ0) is 13.1. The maximum Gasteiger partial charge on any atom is 0.180 e. The SMILES string of the molecule is CCc1nnc(-n2ccc(C)n2)c(CN)c1CC. The summed E-state index contributed by atoms with van der Waals surface area (Å²) < 4.78 is 1.75. The van der Waals surface area contributed by atoms with Gasteiger partial charge in [0.1, 0.15) is 0 Å². The molecule has 5 heteroatoms. The quantitative estimate of drug-likeness (QED) is 0.887. The second kappa shape index (κ2) is 5.27. The third-order valence-electron chi connectivity index (χ3n) is 3.08. The topological polar surface area (TPSA) is 69.6 Å². The lowest BCUT2D eigenvalue weighted by Crippen LogP contribution is -2.14. The normalized spacial score (nSPS) is 10.9. The highest BCUT2D eigenvalue weighted by molar-refractivity contribution is 5.41. The van der Waals surface area contributed by atoms with E-state index >= 15 is 0 Å². The number of rotatable bonds is 4. The van der Waals surface area contributed by atoms with Gasteiger partial charge in [-0.25, -0.2) is 4.68 Å². The zero-order valence-corrected chi connectivity index (χ0v) is 11.1. The van der Waals surface area contributed by atoms with Crippen LogP contribution in [0.25, 0.3) is 5.82 Å². The lowest BCUT2D eigenvalue weighted by atomic mass is 10.0. The van der Waals surface area contributed by atoms with Crippen LogP contribution in [0.3, 0.4) is 0 Å². The van der Waals surface area contributed by atoms with Crippen LogP contribution in [-0.4, -0.2) is 20.0 Å². The van der Waals surface area contributed by atoms with E-state index in [4.69, 9.17) is 5.73 Å². The molecule has 0 saturated carbocycles. The van der Waals surface area contributed by atoms with Crippen LogP contribution in [0.15, 0.2) is 12.3 Å². The summed E-state index contributed by atoms with van der Waals surface area (Å²) >= 11 is 0. The number of aryl methyl sites for hydroxylation is 2. The van der Waals surface area contributed by atoms with Crippen LogP contribution in [-0.2, 0) is 19.4 Å². The van der Waals surface area contributed by atoms with Gasteiger partial charge in [0.15, 0.2) is 5.82 Å². The Bertz CT molecular complexity index is 544. The summed E-state index contributed by atoms with van der Waals surface area (Å²) in [5, 5.41) is 13.0. The molecule has 2 rings (SSSR count). The highest BCUT2D eigenvalue weighted by atomic mass is 15.3. The molecular formula is C13H19N5. The fourth-order valence-electron chi connectivity index (χ4n) is 2.17. The Hall–Kier alpha value is -1.75. The van der Waals surface area contributed by atoms with Crippen molar-refractivity contribution in [2.75, 3.05) is 0 Å². The van der Waals surface area contributed by atoms with Crippen molar-refractivity contribution in [3.63, 3.8) is 0 Å². The molecule has 5 nitrogen and oxygen atoms in total. The summed E-state index contributed by atoms with van der Waals surface area (Å²) in [5.74, 6) is 0.750. The third kappa shape index (κ3) is 2.13. The Morgan fingerprint density at radius 2 is 1.94 bits per heavy atom. The predicted octanol–water partition coefficient (Wildman–Crippen LogP) is 1.55. The number of hydrogen-bond donors (Lipinski definition) is 1. The highest BCUT2D eigenvalue weighted by Crippen LogP contribution is 2.19. The number of hydrogen-bond acceptors (Lipinski definition) is 4. The van der Waals surface area contributed by atoms with Crippen molar-refractivity contribution in [1.82, 2.24) is 20.0 Å². The van der Waals surface area contributed by atoms with Crippen LogP contribution in [0, 0.1) is 6.92 Å². The van der Waals surface area contributed by atoms with Crippen molar-refractivity contribution in [1.29, 1.82) is 0 Å². The lowest BCUT2D eigenvalue weighted by molar-refractivity contribution is 0.750. The Balaban J connectivity index is 2.61. The van der Waals surface area contributed by atoms with E-state index in [2.05, 4.69) is 29.1 Å². The van der Waals surface area contributed by atoms with Gasteiger partial charge in [-0.15, -0.1) is 5.10 Å². The molecule has 0 saturated heterocycles. The molecule has 18 heavy (non-hydrogen) atoms. The summed E-state index contributed by atoms with van der Waals surface area (Å²) in [6.45, 7) is 6.61. The average Bonchev–Trinajstić information content (AvgIpc) is 2.83. The zero-order valence-electron chi connectivity index (χ0n) is 11.1. The molecule has 0 aliphatic carbocycles. The van der Waals surface area contributed by atoms with Crippen molar-refractivity contribution in [3.8, 4) is 5.82 Å². The van der Waals surface area contributed by atoms with Crippen LogP contribution < -0.4 is 5.73 Å². The Kier molecular flexibility index (Phi) is 3.72. The first-order valence-electron chi connectivity index (χ1n) is 6.31. The van der Waals surface area contributed by atoms with Gasteiger partial charge in [0, 0.05) is 18.3 Å². The van der Waals surface area contributed by atoms with E-state index in [0.717, 1.165) is 35.6 Å². The first-order chi connectivity index (χ1) is 8.71. The molecule has 2 N–H and O–H groups in total. The molecule has 0 bridgehead atoms. The van der Waals surface area contributed by atoms with Gasteiger partial charge in [-0.05, 0) is 31.4 Å². The Morgan fingerprint density at radius 1 is 1.17 bits per heavy atom. The van der Waals surface area contributed by atoms with Gasteiger partial charge in [-0.1, -0.05) is 13.8 Å². The maximum absolute atomic E-state index is 5.89. The van der Waals surface area contributed by atoms with Crippen molar-refractivity contribution < 1.29 is 0 Å². The molecular weight excluding hydrogens is 226 g/mol. The summed E-state index contributed by atoms with van der Waals surface area (Å²) in [7, 11) is 0. The lowest BCUT2D eigenvalue weighted by Gasteiger charge is -2.13. The van der Waals surface area contributed by atoms with E-state index in [1.54, 1.807) is 4.68 Å². The maximum atomic E-state index is 5.89. The molecule has 0 amide bonds. The fourth-order valence-corrected chi connectivity index (χ4v) is 2.17. The molecule has 2 aromatic rings. The molecule has 0 fully saturated rings. The number of nitrogens with two attached hydrogens (primary N) is 1. The van der Waals surface area contributed by atoms with Crippen LogP contribution in [0.1, 0.15) is 36.4 Å². The summed E-state index contributed by atoms with van der Waals surface area (Å²) in [6.07, 6.45) is 3.68. The standard InChI is InChI=1S/C13H19N5/c1-4-10-11(8-14)13(16-15-12(10)5-2)18-7-6-9(3)17-18/h6-7H,4-5,8,14H2,1-3H3. The van der Waals surface area contributed by atoms with E-state index in [9.17, 15) is 0 Å². The minimum absolute atomic E-state index is 0.458. The Labute approximate surface area is 107 Å². The molecule has 96 valence electrons. The van der Waals surface area contributed by atoms with Gasteiger partial charge in [-0.3, -0.25) is 0 Å². The van der Waals surface area contributed by atoms with Gasteiger partial charge in [0.25, 0.3) is 0 Å². The largest absolute Gasteiger partial charge is 0.326 e. The van der Waals surface area contributed by atoms with Crippen molar-refractivity contribution in [3.05, 3.63) is 34.8 Å². The average molecular weight is 245 g/mol. The van der Waals surface area contributed by atoms with E-state index in [1.165, 1.54) is 5.56 Å². The number of nitrogens with zero attached hydrogens (tertiary/aromatic N) is 4. The second-order valence-corrected chi connectivity index (χ2v) is 4.24. The van der Waals surface area contributed by atoms with E-state index in [0.29, 0.717) is 6.54 Å². The third-order valence-corrected chi connectivity index (χ3v) is 3.08. The molecule has 0 atom stereocenters. The molecule has 0 unspecified atom stereocenters. The number of aromatic nitrogens is 4. The molecule has 0 spiro atoms. The molecule has 0 aliphatic heterocycles. The van der Waals surface area contributed by atoms with E-state index < -0.39 is 0 Å². The molecule has 0 radical (unpaired) electrons. The van der Waals surface area contributed by atoms with Crippen LogP contribution in [0.5, 0.6) is 0 Å². The van der Waals surface area contributed by atoms with Gasteiger partial charge in [0.05, 0.1) is 11.4 Å². The Morgan fingerprint density at radius 3 is 2.44 bits per heavy atom.